The molecule has 1 amide bonds. The minimum Gasteiger partial charge on any atom is -0.361 e. The van der Waals surface area contributed by atoms with Crippen molar-refractivity contribution in [2.45, 2.75) is 45.6 Å². The average molecular weight is 287 g/mol. The van der Waals surface area contributed by atoms with Crippen LogP contribution in [0.1, 0.15) is 37.8 Å². The second-order valence-electron chi connectivity index (χ2n) is 5.98. The van der Waals surface area contributed by atoms with Crippen molar-refractivity contribution in [2.24, 2.45) is 5.73 Å². The van der Waals surface area contributed by atoms with E-state index in [2.05, 4.69) is 29.4 Å². The van der Waals surface area contributed by atoms with Gasteiger partial charge in [0.15, 0.2) is 0 Å². The summed E-state index contributed by atoms with van der Waals surface area (Å²) >= 11 is 0. The zero-order valence-corrected chi connectivity index (χ0v) is 13.1. The number of amides is 1. The number of rotatable bonds is 6. The standard InChI is InChI=1S/C17H25N3O/c1-4-9-17(3,18)16(21)19-10-8-13-11-20-14-7-5-6-12(2)15(13)14/h5-7,11,20H,4,8-10,18H2,1-3H3,(H,19,21). The van der Waals surface area contributed by atoms with Gasteiger partial charge in [-0.1, -0.05) is 25.5 Å². The molecule has 0 saturated carbocycles. The number of carbonyl (C=O) groups excluding carboxylic acids is 1. The van der Waals surface area contributed by atoms with Crippen LogP contribution in [0.2, 0.25) is 0 Å². The molecule has 21 heavy (non-hydrogen) atoms. The highest BCUT2D eigenvalue weighted by atomic mass is 16.2. The Morgan fingerprint density at radius 2 is 2.19 bits per heavy atom. The highest BCUT2D eigenvalue weighted by Gasteiger charge is 2.26. The summed E-state index contributed by atoms with van der Waals surface area (Å²) in [5.41, 5.74) is 8.89. The third-order valence-corrected chi connectivity index (χ3v) is 3.96. The van der Waals surface area contributed by atoms with Crippen molar-refractivity contribution in [3.63, 3.8) is 0 Å². The highest BCUT2D eigenvalue weighted by Crippen LogP contribution is 2.22. The fourth-order valence-corrected chi connectivity index (χ4v) is 2.79. The molecule has 2 aromatic rings. The molecule has 0 saturated heterocycles. The summed E-state index contributed by atoms with van der Waals surface area (Å²) in [6, 6.07) is 6.23. The molecule has 0 aliphatic heterocycles. The number of nitrogens with two attached hydrogens (primary N) is 1. The number of aromatic nitrogens is 1. The first-order valence-corrected chi connectivity index (χ1v) is 7.58. The van der Waals surface area contributed by atoms with E-state index in [4.69, 9.17) is 5.73 Å². The molecule has 0 spiro atoms. The monoisotopic (exact) mass is 287 g/mol. The van der Waals surface area contributed by atoms with Crippen molar-refractivity contribution in [1.82, 2.24) is 10.3 Å². The molecule has 4 nitrogen and oxygen atoms in total. The van der Waals surface area contributed by atoms with Crippen LogP contribution in [0.15, 0.2) is 24.4 Å². The second-order valence-corrected chi connectivity index (χ2v) is 5.98. The van der Waals surface area contributed by atoms with Gasteiger partial charge in [0.05, 0.1) is 5.54 Å². The molecule has 0 aliphatic rings. The van der Waals surface area contributed by atoms with Gasteiger partial charge in [-0.05, 0) is 43.9 Å². The Kier molecular flexibility index (Phi) is 4.68. The lowest BCUT2D eigenvalue weighted by molar-refractivity contribution is -0.126. The Bertz CT molecular complexity index is 628. The van der Waals surface area contributed by atoms with Crippen LogP contribution < -0.4 is 11.1 Å². The van der Waals surface area contributed by atoms with Gasteiger partial charge >= 0.3 is 0 Å². The van der Waals surface area contributed by atoms with E-state index in [-0.39, 0.29) is 5.91 Å². The SMILES string of the molecule is CCCC(C)(N)C(=O)NCCc1c[nH]c2cccc(C)c12. The summed E-state index contributed by atoms with van der Waals surface area (Å²) in [5.74, 6) is -0.0686. The van der Waals surface area contributed by atoms with Crippen molar-refractivity contribution in [3.05, 3.63) is 35.5 Å². The van der Waals surface area contributed by atoms with Crippen LogP contribution >= 0.6 is 0 Å². The van der Waals surface area contributed by atoms with Crippen molar-refractivity contribution in [2.75, 3.05) is 6.54 Å². The summed E-state index contributed by atoms with van der Waals surface area (Å²) in [7, 11) is 0. The number of aromatic amines is 1. The maximum atomic E-state index is 12.1. The molecule has 2 rings (SSSR count). The lowest BCUT2D eigenvalue weighted by atomic mass is 9.96. The van der Waals surface area contributed by atoms with Crippen LogP contribution in [-0.2, 0) is 11.2 Å². The zero-order valence-electron chi connectivity index (χ0n) is 13.1. The number of benzene rings is 1. The highest BCUT2D eigenvalue weighted by molar-refractivity contribution is 5.87. The lowest BCUT2D eigenvalue weighted by Crippen LogP contribution is -2.51. The molecule has 1 aromatic heterocycles. The molecule has 4 N–H and O–H groups in total. The number of hydrogen-bond acceptors (Lipinski definition) is 2. The number of fused-ring (bicyclic) bond motifs is 1. The van der Waals surface area contributed by atoms with Gasteiger partial charge in [-0.2, -0.15) is 0 Å². The van der Waals surface area contributed by atoms with E-state index in [9.17, 15) is 4.79 Å². The van der Waals surface area contributed by atoms with Crippen LogP contribution in [0.5, 0.6) is 0 Å². The Morgan fingerprint density at radius 1 is 1.43 bits per heavy atom. The van der Waals surface area contributed by atoms with E-state index in [1.807, 2.05) is 19.2 Å². The minimum absolute atomic E-state index is 0.0686. The molecule has 1 aromatic carbocycles. The lowest BCUT2D eigenvalue weighted by Gasteiger charge is -2.22. The predicted octanol–water partition coefficient (Wildman–Crippen LogP) is 2.65. The van der Waals surface area contributed by atoms with Gasteiger partial charge in [0.1, 0.15) is 0 Å². The average Bonchev–Trinajstić information content (AvgIpc) is 2.83. The van der Waals surface area contributed by atoms with E-state index in [0.717, 1.165) is 18.4 Å². The smallest absolute Gasteiger partial charge is 0.239 e. The summed E-state index contributed by atoms with van der Waals surface area (Å²) in [4.78, 5) is 15.4. The van der Waals surface area contributed by atoms with Gasteiger partial charge in [0.25, 0.3) is 0 Å². The number of hydrogen-bond donors (Lipinski definition) is 3. The Morgan fingerprint density at radius 3 is 2.90 bits per heavy atom. The summed E-state index contributed by atoms with van der Waals surface area (Å²) in [6.45, 7) is 6.54. The van der Waals surface area contributed by atoms with Crippen LogP contribution in [0.3, 0.4) is 0 Å². The summed E-state index contributed by atoms with van der Waals surface area (Å²) in [5, 5.41) is 4.21. The van der Waals surface area contributed by atoms with Crippen molar-refractivity contribution >= 4 is 16.8 Å². The third-order valence-electron chi connectivity index (χ3n) is 3.96. The Hall–Kier alpha value is -1.81. The molecule has 0 radical (unpaired) electrons. The molecule has 1 heterocycles. The molecule has 1 unspecified atom stereocenters. The van der Waals surface area contributed by atoms with E-state index in [1.165, 1.54) is 16.5 Å². The second kappa shape index (κ2) is 6.31. The summed E-state index contributed by atoms with van der Waals surface area (Å²) < 4.78 is 0. The molecule has 0 bridgehead atoms. The van der Waals surface area contributed by atoms with E-state index >= 15 is 0 Å². The maximum absolute atomic E-state index is 12.1. The summed E-state index contributed by atoms with van der Waals surface area (Å²) in [6.07, 6.45) is 4.43. The van der Waals surface area contributed by atoms with Crippen molar-refractivity contribution in [1.29, 1.82) is 0 Å². The first kappa shape index (κ1) is 15.6. The molecular formula is C17H25N3O. The van der Waals surface area contributed by atoms with Crippen LogP contribution in [-0.4, -0.2) is 23.0 Å². The Balaban J connectivity index is 1.98. The van der Waals surface area contributed by atoms with E-state index in [0.29, 0.717) is 13.0 Å². The zero-order chi connectivity index (χ0) is 15.5. The number of H-pyrrole nitrogens is 1. The molecule has 1 atom stereocenters. The van der Waals surface area contributed by atoms with Gasteiger partial charge in [-0.15, -0.1) is 0 Å². The quantitative estimate of drug-likeness (QED) is 0.764. The number of carbonyl (C=O) groups is 1. The number of nitrogens with one attached hydrogen (secondary N) is 2. The molecule has 4 heteroatoms. The molecule has 0 aliphatic carbocycles. The predicted molar refractivity (Wildman–Crippen MR) is 87.2 cm³/mol. The van der Waals surface area contributed by atoms with Gasteiger partial charge in [-0.3, -0.25) is 4.79 Å². The molecule has 0 fully saturated rings. The minimum atomic E-state index is -0.773. The normalized spacial score (nSPS) is 14.1. The van der Waals surface area contributed by atoms with Gasteiger partial charge in [0, 0.05) is 23.6 Å². The third kappa shape index (κ3) is 3.45. The van der Waals surface area contributed by atoms with E-state index in [1.54, 1.807) is 6.92 Å². The van der Waals surface area contributed by atoms with Crippen LogP contribution in [0.4, 0.5) is 0 Å². The fraction of sp³-hybridized carbons (Fsp3) is 0.471. The topological polar surface area (TPSA) is 70.9 Å². The largest absolute Gasteiger partial charge is 0.361 e. The maximum Gasteiger partial charge on any atom is 0.239 e. The van der Waals surface area contributed by atoms with Gasteiger partial charge < -0.3 is 16.0 Å². The van der Waals surface area contributed by atoms with Crippen molar-refractivity contribution < 1.29 is 4.79 Å². The van der Waals surface area contributed by atoms with Crippen molar-refractivity contribution in [3.8, 4) is 0 Å². The number of aryl methyl sites for hydroxylation is 1. The van der Waals surface area contributed by atoms with E-state index < -0.39 is 5.54 Å². The van der Waals surface area contributed by atoms with Crippen LogP contribution in [0, 0.1) is 6.92 Å². The fourth-order valence-electron chi connectivity index (χ4n) is 2.79. The first-order chi connectivity index (χ1) is 9.95. The molecule has 114 valence electrons. The van der Waals surface area contributed by atoms with Gasteiger partial charge in [0.2, 0.25) is 5.91 Å². The van der Waals surface area contributed by atoms with Crippen LogP contribution in [0.25, 0.3) is 10.9 Å². The first-order valence-electron chi connectivity index (χ1n) is 7.58. The Labute approximate surface area is 126 Å². The van der Waals surface area contributed by atoms with Gasteiger partial charge in [-0.25, -0.2) is 0 Å². The molecular weight excluding hydrogens is 262 g/mol.